The van der Waals surface area contributed by atoms with Crippen LogP contribution in [0.2, 0.25) is 5.02 Å². The van der Waals surface area contributed by atoms with Crippen LogP contribution in [-0.2, 0) is 0 Å². The van der Waals surface area contributed by atoms with Crippen molar-refractivity contribution in [1.29, 1.82) is 0 Å². The Morgan fingerprint density at radius 2 is 2.07 bits per heavy atom. The summed E-state index contributed by atoms with van der Waals surface area (Å²) in [6, 6.07) is 6.67. The quantitative estimate of drug-likeness (QED) is 0.818. The number of halogens is 1. The van der Waals surface area contributed by atoms with E-state index in [1.807, 2.05) is 0 Å². The number of nitrogens with one attached hydrogen (secondary N) is 2. The van der Waals surface area contributed by atoms with Crippen molar-refractivity contribution in [3.63, 3.8) is 0 Å². The molecule has 0 unspecified atom stereocenters. The zero-order valence-corrected chi connectivity index (χ0v) is 8.45. The second-order valence-corrected chi connectivity index (χ2v) is 3.38. The lowest BCUT2D eigenvalue weighted by molar-refractivity contribution is 0.102. The molecule has 0 aliphatic heterocycles. The molecule has 0 saturated heterocycles. The summed E-state index contributed by atoms with van der Waals surface area (Å²) in [6.45, 7) is 0. The number of hydrogen-bond donors (Lipinski definition) is 2. The Morgan fingerprint density at radius 3 is 2.67 bits per heavy atom. The number of nitrogens with zero attached hydrogens (tertiary/aromatic N) is 1. The zero-order valence-electron chi connectivity index (χ0n) is 7.70. The number of carbonyl (C=O) groups is 1. The molecule has 1 aromatic heterocycles. The van der Waals surface area contributed by atoms with Gasteiger partial charge in [-0.05, 0) is 24.3 Å². The van der Waals surface area contributed by atoms with Gasteiger partial charge >= 0.3 is 0 Å². The summed E-state index contributed by atoms with van der Waals surface area (Å²) in [4.78, 5) is 11.6. The average molecular weight is 222 g/mol. The van der Waals surface area contributed by atoms with Gasteiger partial charge in [0.15, 0.2) is 0 Å². The smallest absolute Gasteiger partial charge is 0.255 e. The van der Waals surface area contributed by atoms with Gasteiger partial charge in [0, 0.05) is 16.8 Å². The number of benzene rings is 1. The largest absolute Gasteiger partial charge is 0.319 e. The highest BCUT2D eigenvalue weighted by atomic mass is 35.5. The molecule has 0 radical (unpaired) electrons. The van der Waals surface area contributed by atoms with E-state index in [4.69, 9.17) is 11.6 Å². The van der Waals surface area contributed by atoms with Gasteiger partial charge < -0.3 is 5.32 Å². The van der Waals surface area contributed by atoms with E-state index >= 15 is 0 Å². The van der Waals surface area contributed by atoms with Crippen LogP contribution in [0.4, 0.5) is 5.69 Å². The van der Waals surface area contributed by atoms with Crippen molar-refractivity contribution in [2.24, 2.45) is 0 Å². The van der Waals surface area contributed by atoms with Gasteiger partial charge in [-0.25, -0.2) is 0 Å². The average Bonchev–Trinajstić information content (AvgIpc) is 2.71. The summed E-state index contributed by atoms with van der Waals surface area (Å²) >= 11 is 5.71. The second-order valence-electron chi connectivity index (χ2n) is 2.95. The molecule has 4 nitrogen and oxygen atoms in total. The van der Waals surface area contributed by atoms with E-state index in [0.29, 0.717) is 16.3 Å². The van der Waals surface area contributed by atoms with Gasteiger partial charge in [-0.15, -0.1) is 0 Å². The van der Waals surface area contributed by atoms with Crippen LogP contribution in [0.3, 0.4) is 0 Å². The predicted octanol–water partition coefficient (Wildman–Crippen LogP) is 2.32. The highest BCUT2D eigenvalue weighted by Crippen LogP contribution is 2.11. The van der Waals surface area contributed by atoms with Crippen molar-refractivity contribution in [1.82, 2.24) is 10.2 Å². The van der Waals surface area contributed by atoms with Gasteiger partial charge in [0.05, 0.1) is 11.9 Å². The van der Waals surface area contributed by atoms with Crippen LogP contribution in [0, 0.1) is 0 Å². The molecule has 0 aliphatic rings. The lowest BCUT2D eigenvalue weighted by Crippen LogP contribution is -2.10. The first-order valence-electron chi connectivity index (χ1n) is 4.31. The second kappa shape index (κ2) is 4.14. The third-order valence-corrected chi connectivity index (χ3v) is 2.11. The van der Waals surface area contributed by atoms with E-state index < -0.39 is 0 Å². The van der Waals surface area contributed by atoms with E-state index in [2.05, 4.69) is 15.5 Å². The maximum atomic E-state index is 11.6. The number of hydrogen-bond acceptors (Lipinski definition) is 2. The molecule has 0 fully saturated rings. The number of aromatic nitrogens is 2. The van der Waals surface area contributed by atoms with Gasteiger partial charge in [-0.1, -0.05) is 11.6 Å². The molecule has 15 heavy (non-hydrogen) atoms. The fourth-order valence-corrected chi connectivity index (χ4v) is 1.25. The Morgan fingerprint density at radius 1 is 1.33 bits per heavy atom. The molecule has 0 saturated carbocycles. The molecule has 0 aliphatic carbocycles. The first-order chi connectivity index (χ1) is 7.25. The van der Waals surface area contributed by atoms with Crippen molar-refractivity contribution >= 4 is 23.2 Å². The molecule has 2 rings (SSSR count). The van der Waals surface area contributed by atoms with Crippen molar-refractivity contribution < 1.29 is 4.79 Å². The molecule has 76 valence electrons. The molecule has 1 amide bonds. The number of anilines is 1. The van der Waals surface area contributed by atoms with Crippen molar-refractivity contribution in [3.8, 4) is 0 Å². The number of amides is 1. The fourth-order valence-electron chi connectivity index (χ4n) is 1.12. The zero-order chi connectivity index (χ0) is 10.7. The molecular formula is C10H8ClN3O. The lowest BCUT2D eigenvalue weighted by Gasteiger charge is -2.01. The molecule has 1 aromatic carbocycles. The van der Waals surface area contributed by atoms with Crippen LogP contribution >= 0.6 is 11.6 Å². The van der Waals surface area contributed by atoms with Crippen LogP contribution in [0.5, 0.6) is 0 Å². The summed E-state index contributed by atoms with van der Waals surface area (Å²) in [5.74, 6) is -0.187. The van der Waals surface area contributed by atoms with Crippen LogP contribution < -0.4 is 5.32 Å². The van der Waals surface area contributed by atoms with Gasteiger partial charge in [0.25, 0.3) is 5.91 Å². The fraction of sp³-hybridized carbons (Fsp3) is 0. The summed E-state index contributed by atoms with van der Waals surface area (Å²) in [7, 11) is 0. The molecule has 0 bridgehead atoms. The SMILES string of the molecule is O=C(Nc1cn[nH]c1)c1ccc(Cl)cc1. The number of H-pyrrole nitrogens is 1. The maximum Gasteiger partial charge on any atom is 0.255 e. The van der Waals surface area contributed by atoms with Gasteiger partial charge in [0.1, 0.15) is 0 Å². The van der Waals surface area contributed by atoms with Crippen LogP contribution in [0.1, 0.15) is 10.4 Å². The summed E-state index contributed by atoms with van der Waals surface area (Å²) < 4.78 is 0. The van der Waals surface area contributed by atoms with E-state index in [9.17, 15) is 4.79 Å². The predicted molar refractivity (Wildman–Crippen MR) is 58.0 cm³/mol. The molecule has 0 atom stereocenters. The molecule has 0 spiro atoms. The van der Waals surface area contributed by atoms with Crippen LogP contribution in [-0.4, -0.2) is 16.1 Å². The summed E-state index contributed by atoms with van der Waals surface area (Å²) in [6.07, 6.45) is 3.14. The Balaban J connectivity index is 2.11. The van der Waals surface area contributed by atoms with Gasteiger partial charge in [0.2, 0.25) is 0 Å². The monoisotopic (exact) mass is 221 g/mol. The number of rotatable bonds is 2. The first kappa shape index (κ1) is 9.73. The highest BCUT2D eigenvalue weighted by Gasteiger charge is 2.05. The minimum absolute atomic E-state index is 0.187. The standard InChI is InChI=1S/C10H8ClN3O/c11-8-3-1-7(2-4-8)10(15)14-9-5-12-13-6-9/h1-6H,(H,12,13)(H,14,15). The number of carbonyl (C=O) groups excluding carboxylic acids is 1. The van der Waals surface area contributed by atoms with Gasteiger partial charge in [-0.2, -0.15) is 5.10 Å². The Hall–Kier alpha value is -1.81. The topological polar surface area (TPSA) is 57.8 Å². The Labute approximate surface area is 91.3 Å². The Bertz CT molecular complexity index is 450. The lowest BCUT2D eigenvalue weighted by atomic mass is 10.2. The third kappa shape index (κ3) is 2.35. The minimum atomic E-state index is -0.187. The minimum Gasteiger partial charge on any atom is -0.319 e. The molecule has 5 heteroatoms. The molecular weight excluding hydrogens is 214 g/mol. The summed E-state index contributed by atoms with van der Waals surface area (Å²) in [5, 5.41) is 9.62. The molecule has 2 N–H and O–H groups in total. The van der Waals surface area contributed by atoms with Crippen molar-refractivity contribution in [2.75, 3.05) is 5.32 Å². The maximum absolute atomic E-state index is 11.6. The van der Waals surface area contributed by atoms with Crippen molar-refractivity contribution in [2.45, 2.75) is 0 Å². The van der Waals surface area contributed by atoms with E-state index in [-0.39, 0.29) is 5.91 Å². The summed E-state index contributed by atoms with van der Waals surface area (Å²) in [5.41, 5.74) is 1.19. The Kier molecular flexibility index (Phi) is 2.69. The van der Waals surface area contributed by atoms with Crippen molar-refractivity contribution in [3.05, 3.63) is 47.2 Å². The third-order valence-electron chi connectivity index (χ3n) is 1.86. The first-order valence-corrected chi connectivity index (χ1v) is 4.69. The van der Waals surface area contributed by atoms with Gasteiger partial charge in [-0.3, -0.25) is 9.89 Å². The molecule has 2 aromatic rings. The number of aromatic amines is 1. The molecule has 1 heterocycles. The van der Waals surface area contributed by atoms with E-state index in [0.717, 1.165) is 0 Å². The van der Waals surface area contributed by atoms with E-state index in [1.165, 1.54) is 6.20 Å². The normalized spacial score (nSPS) is 9.93. The van der Waals surface area contributed by atoms with Crippen LogP contribution in [0.15, 0.2) is 36.7 Å². The van der Waals surface area contributed by atoms with E-state index in [1.54, 1.807) is 30.5 Å². The highest BCUT2D eigenvalue weighted by molar-refractivity contribution is 6.30. The van der Waals surface area contributed by atoms with Crippen LogP contribution in [0.25, 0.3) is 0 Å².